The fraction of sp³-hybridized carbons (Fsp3) is 0.273. The van der Waals surface area contributed by atoms with E-state index < -0.39 is 5.97 Å². The monoisotopic (exact) mass is 380 g/mol. The minimum atomic E-state index is -0.793. The zero-order valence-corrected chi connectivity index (χ0v) is 16.5. The molecular weight excluding hydrogens is 356 g/mol. The normalized spacial score (nSPS) is 11.7. The Morgan fingerprint density at radius 2 is 1.78 bits per heavy atom. The molecule has 0 unspecified atom stereocenters. The molecule has 0 saturated heterocycles. The van der Waals surface area contributed by atoms with E-state index in [9.17, 15) is 4.79 Å². The number of aromatic nitrogens is 1. The SMILES string of the molecule is CCN(CC)c1ccc(/C=C(\CCC(=O)O)c2nc3ccccc3s2)cc1. The van der Waals surface area contributed by atoms with Gasteiger partial charge in [-0.1, -0.05) is 24.3 Å². The maximum atomic E-state index is 11.1. The number of carboxylic acids is 1. The molecule has 140 valence electrons. The molecule has 3 rings (SSSR count). The zero-order chi connectivity index (χ0) is 19.2. The first kappa shape index (κ1) is 19.1. The van der Waals surface area contributed by atoms with Crippen molar-refractivity contribution >= 4 is 44.9 Å². The van der Waals surface area contributed by atoms with Crippen LogP contribution in [0.5, 0.6) is 0 Å². The van der Waals surface area contributed by atoms with Gasteiger partial charge in [0, 0.05) is 25.2 Å². The van der Waals surface area contributed by atoms with Crippen LogP contribution in [0.1, 0.15) is 37.3 Å². The summed E-state index contributed by atoms with van der Waals surface area (Å²) in [5.41, 5.74) is 4.18. The van der Waals surface area contributed by atoms with Crippen LogP contribution in [0.15, 0.2) is 48.5 Å². The molecule has 1 N–H and O–H groups in total. The van der Waals surface area contributed by atoms with Gasteiger partial charge in [0.25, 0.3) is 0 Å². The summed E-state index contributed by atoms with van der Waals surface area (Å²) in [5, 5.41) is 10.0. The molecule has 2 aromatic carbocycles. The number of anilines is 1. The Morgan fingerprint density at radius 3 is 2.41 bits per heavy atom. The van der Waals surface area contributed by atoms with Crippen LogP contribution in [0.25, 0.3) is 21.9 Å². The Bertz CT molecular complexity index is 907. The third-order valence-electron chi connectivity index (χ3n) is 4.54. The highest BCUT2D eigenvalue weighted by Crippen LogP contribution is 2.31. The highest BCUT2D eigenvalue weighted by Gasteiger charge is 2.11. The lowest BCUT2D eigenvalue weighted by Crippen LogP contribution is -2.21. The number of para-hydroxylation sites is 1. The van der Waals surface area contributed by atoms with Crippen molar-refractivity contribution in [2.75, 3.05) is 18.0 Å². The second kappa shape index (κ2) is 8.82. The van der Waals surface area contributed by atoms with Gasteiger partial charge in [0.1, 0.15) is 5.01 Å². The van der Waals surface area contributed by atoms with Gasteiger partial charge in [-0.15, -0.1) is 11.3 Å². The molecule has 5 heteroatoms. The van der Waals surface area contributed by atoms with Gasteiger partial charge < -0.3 is 10.0 Å². The second-order valence-electron chi connectivity index (χ2n) is 6.31. The number of benzene rings is 2. The van der Waals surface area contributed by atoms with Crippen molar-refractivity contribution in [2.24, 2.45) is 0 Å². The molecule has 0 bridgehead atoms. The quantitative estimate of drug-likeness (QED) is 0.557. The van der Waals surface area contributed by atoms with Crippen molar-refractivity contribution in [3.8, 4) is 0 Å². The van der Waals surface area contributed by atoms with E-state index in [1.54, 1.807) is 11.3 Å². The molecule has 0 radical (unpaired) electrons. The molecule has 0 saturated carbocycles. The van der Waals surface area contributed by atoms with E-state index in [0.29, 0.717) is 6.42 Å². The predicted molar refractivity (Wildman–Crippen MR) is 114 cm³/mol. The Hall–Kier alpha value is -2.66. The molecule has 27 heavy (non-hydrogen) atoms. The average Bonchev–Trinajstić information content (AvgIpc) is 3.11. The van der Waals surface area contributed by atoms with Gasteiger partial charge in [-0.2, -0.15) is 0 Å². The van der Waals surface area contributed by atoms with Crippen LogP contribution in [0, 0.1) is 0 Å². The molecule has 0 atom stereocenters. The molecular formula is C22H24N2O2S. The van der Waals surface area contributed by atoms with Crippen LogP contribution in [0.2, 0.25) is 0 Å². The lowest BCUT2D eigenvalue weighted by molar-refractivity contribution is -0.136. The van der Waals surface area contributed by atoms with Crippen LogP contribution in [-0.4, -0.2) is 29.1 Å². The highest BCUT2D eigenvalue weighted by atomic mass is 32.1. The van der Waals surface area contributed by atoms with E-state index in [0.717, 1.165) is 39.5 Å². The third-order valence-corrected chi connectivity index (χ3v) is 5.65. The summed E-state index contributed by atoms with van der Waals surface area (Å²) in [6.07, 6.45) is 2.62. The third kappa shape index (κ3) is 4.74. The van der Waals surface area contributed by atoms with Crippen LogP contribution in [0.4, 0.5) is 5.69 Å². The molecule has 0 aliphatic rings. The summed E-state index contributed by atoms with van der Waals surface area (Å²) in [6, 6.07) is 16.4. The summed E-state index contributed by atoms with van der Waals surface area (Å²) in [5.74, 6) is -0.793. The lowest BCUT2D eigenvalue weighted by atomic mass is 10.1. The number of carboxylic acid groups (broad SMARTS) is 1. The summed E-state index contributed by atoms with van der Waals surface area (Å²) in [4.78, 5) is 18.1. The van der Waals surface area contributed by atoms with Gasteiger partial charge in [-0.25, -0.2) is 4.98 Å². The van der Waals surface area contributed by atoms with Crippen molar-refractivity contribution in [1.29, 1.82) is 0 Å². The fourth-order valence-corrected chi connectivity index (χ4v) is 4.07. The van der Waals surface area contributed by atoms with Crippen molar-refractivity contribution in [3.05, 3.63) is 59.1 Å². The molecule has 0 spiro atoms. The van der Waals surface area contributed by atoms with Gasteiger partial charge in [0.15, 0.2) is 0 Å². The minimum Gasteiger partial charge on any atom is -0.481 e. The van der Waals surface area contributed by atoms with Gasteiger partial charge in [-0.05, 0) is 61.7 Å². The molecule has 1 aromatic heterocycles. The van der Waals surface area contributed by atoms with Crippen molar-refractivity contribution in [2.45, 2.75) is 26.7 Å². The molecule has 1 heterocycles. The summed E-state index contributed by atoms with van der Waals surface area (Å²) in [7, 11) is 0. The summed E-state index contributed by atoms with van der Waals surface area (Å²) < 4.78 is 1.12. The molecule has 3 aromatic rings. The maximum Gasteiger partial charge on any atom is 0.303 e. The molecule has 0 amide bonds. The van der Waals surface area contributed by atoms with Crippen LogP contribution < -0.4 is 4.90 Å². The van der Waals surface area contributed by atoms with E-state index in [1.165, 1.54) is 5.69 Å². The Kier molecular flexibility index (Phi) is 6.24. The Labute approximate surface area is 163 Å². The van der Waals surface area contributed by atoms with Crippen LogP contribution in [0.3, 0.4) is 0 Å². The van der Waals surface area contributed by atoms with Crippen molar-refractivity contribution in [1.82, 2.24) is 4.98 Å². The van der Waals surface area contributed by atoms with E-state index in [-0.39, 0.29) is 6.42 Å². The van der Waals surface area contributed by atoms with E-state index in [1.807, 2.05) is 24.3 Å². The number of aliphatic carboxylic acids is 1. The van der Waals surface area contributed by atoms with Gasteiger partial charge in [0.2, 0.25) is 0 Å². The van der Waals surface area contributed by atoms with Crippen LogP contribution in [-0.2, 0) is 4.79 Å². The number of hydrogen-bond acceptors (Lipinski definition) is 4. The van der Waals surface area contributed by atoms with Crippen LogP contribution >= 0.6 is 11.3 Å². The van der Waals surface area contributed by atoms with Gasteiger partial charge in [-0.3, -0.25) is 4.79 Å². The van der Waals surface area contributed by atoms with Crippen molar-refractivity contribution in [3.63, 3.8) is 0 Å². The first-order chi connectivity index (χ1) is 13.1. The zero-order valence-electron chi connectivity index (χ0n) is 15.7. The smallest absolute Gasteiger partial charge is 0.303 e. The standard InChI is InChI=1S/C22H24N2O2S/c1-3-24(4-2)18-12-9-16(10-13-18)15-17(11-14-21(25)26)22-23-19-7-5-6-8-20(19)27-22/h5-10,12-13,15H,3-4,11,14H2,1-2H3,(H,25,26)/b17-15+. The minimum absolute atomic E-state index is 0.0965. The van der Waals surface area contributed by atoms with E-state index in [4.69, 9.17) is 10.1 Å². The van der Waals surface area contributed by atoms with Gasteiger partial charge in [0.05, 0.1) is 10.2 Å². The largest absolute Gasteiger partial charge is 0.481 e. The van der Waals surface area contributed by atoms with E-state index >= 15 is 0 Å². The number of thiazole rings is 1. The number of fused-ring (bicyclic) bond motifs is 1. The fourth-order valence-electron chi connectivity index (χ4n) is 3.06. The number of nitrogens with zero attached hydrogens (tertiary/aromatic N) is 2. The Balaban J connectivity index is 1.93. The molecule has 0 aliphatic heterocycles. The van der Waals surface area contributed by atoms with E-state index in [2.05, 4.69) is 49.1 Å². The maximum absolute atomic E-state index is 11.1. The number of allylic oxidation sites excluding steroid dienone is 1. The first-order valence-electron chi connectivity index (χ1n) is 9.24. The average molecular weight is 381 g/mol. The first-order valence-corrected chi connectivity index (χ1v) is 10.1. The number of carbonyl (C=O) groups is 1. The predicted octanol–water partition coefficient (Wildman–Crippen LogP) is 5.55. The molecule has 4 nitrogen and oxygen atoms in total. The second-order valence-corrected chi connectivity index (χ2v) is 7.34. The molecule has 0 aliphatic carbocycles. The highest BCUT2D eigenvalue weighted by molar-refractivity contribution is 7.19. The van der Waals surface area contributed by atoms with Crippen molar-refractivity contribution < 1.29 is 9.90 Å². The Morgan fingerprint density at radius 1 is 1.07 bits per heavy atom. The topological polar surface area (TPSA) is 53.4 Å². The number of hydrogen-bond donors (Lipinski definition) is 1. The summed E-state index contributed by atoms with van der Waals surface area (Å²) in [6.45, 7) is 6.24. The van der Waals surface area contributed by atoms with Gasteiger partial charge >= 0.3 is 5.97 Å². The number of rotatable bonds is 8. The lowest BCUT2D eigenvalue weighted by Gasteiger charge is -2.20. The summed E-state index contributed by atoms with van der Waals surface area (Å²) >= 11 is 1.61. The molecule has 0 fully saturated rings.